The van der Waals surface area contributed by atoms with Gasteiger partial charge in [0.25, 0.3) is 0 Å². The van der Waals surface area contributed by atoms with Crippen LogP contribution < -0.4 is 17.1 Å². The largest absolute Gasteiger partial charge is 1.00 e. The third kappa shape index (κ3) is 8.83. The number of nitrogens with zero attached hydrogens (tertiary/aromatic N) is 5. The second-order valence-electron chi connectivity index (χ2n) is 14.4. The lowest BCUT2D eigenvalue weighted by Gasteiger charge is -2.50. The van der Waals surface area contributed by atoms with Crippen molar-refractivity contribution < 1.29 is 53.1 Å². The highest BCUT2D eigenvalue weighted by atomic mass is 35.5. The van der Waals surface area contributed by atoms with E-state index in [9.17, 15) is 22.7 Å². The Morgan fingerprint density at radius 2 is 1.67 bits per heavy atom. The molecule has 2 bridgehead atoms. The summed E-state index contributed by atoms with van der Waals surface area (Å²) in [6.07, 6.45) is 2.05. The molecule has 3 aliphatic heterocycles. The van der Waals surface area contributed by atoms with Gasteiger partial charge >= 0.3 is 5.97 Å². The number of carboxylic acids is 1. The van der Waals surface area contributed by atoms with Crippen LogP contribution in [0.4, 0.5) is 13.2 Å². The summed E-state index contributed by atoms with van der Waals surface area (Å²) in [5.74, 6) is -3.78. The number of thioether (sulfide) groups is 1. The smallest absolute Gasteiger partial charge is 0.321 e. The molecule has 1 atom stereocenters. The Morgan fingerprint density at radius 3 is 2.25 bits per heavy atom. The van der Waals surface area contributed by atoms with Gasteiger partial charge in [-0.15, -0.1) is 0 Å². The van der Waals surface area contributed by atoms with Gasteiger partial charge in [-0.2, -0.15) is 4.31 Å². The summed E-state index contributed by atoms with van der Waals surface area (Å²) in [7, 11) is -3.09. The highest BCUT2D eigenvalue weighted by Crippen LogP contribution is 2.40. The maximum absolute atomic E-state index is 15.8. The van der Waals surface area contributed by atoms with Gasteiger partial charge in [-0.05, 0) is 61.0 Å². The molecule has 55 heavy (non-hydrogen) atoms. The number of hydrogen-bond acceptors (Lipinski definition) is 7. The standard InChI is InChI=1S/C38H43ClF3N5O5S2.ClH/c1-25(36(48)49)45(12-5-16-47-17-13-44(14-18-47)15-19-47)54(50,51)29-21-32(41)30(33(42)22-29)24-53-37-43-23-35(46(37)28-9-7-27(40)8-10-28)38(2,3)26-6-11-31(39)34(20-26)52-4;/h6-11,20-23,25H,5,12-19,24H2,1-4H3;1H/t25-;/m1./s1. The average Bonchev–Trinajstić information content (AvgIpc) is 3.58. The molecule has 7 rings (SSSR count). The number of benzene rings is 3. The number of quaternary nitrogens is 1. The molecule has 4 aromatic rings. The summed E-state index contributed by atoms with van der Waals surface area (Å²) in [5.41, 5.74) is 0.984. The van der Waals surface area contributed by atoms with E-state index in [0.29, 0.717) is 40.3 Å². The van der Waals surface area contributed by atoms with Gasteiger partial charge in [0.05, 0.1) is 55.1 Å². The number of methoxy groups -OCH3 is 1. The molecule has 0 spiro atoms. The fourth-order valence-electron chi connectivity index (χ4n) is 7.33. The molecule has 3 aliphatic rings. The zero-order chi connectivity index (χ0) is 39.0. The van der Waals surface area contributed by atoms with Gasteiger partial charge in [0.15, 0.2) is 5.16 Å². The molecule has 0 aliphatic carbocycles. The first-order valence-electron chi connectivity index (χ1n) is 17.7. The number of carbonyl (C=O) groups is 1. The van der Waals surface area contributed by atoms with Crippen LogP contribution in [0.2, 0.25) is 5.02 Å². The monoisotopic (exact) mass is 841 g/mol. The van der Waals surface area contributed by atoms with Gasteiger partial charge in [0.1, 0.15) is 29.2 Å². The van der Waals surface area contributed by atoms with Crippen molar-refractivity contribution in [3.63, 3.8) is 0 Å². The fourth-order valence-corrected chi connectivity index (χ4v) is 10.2. The zero-order valence-electron chi connectivity index (χ0n) is 30.9. The number of imidazole rings is 1. The highest BCUT2D eigenvalue weighted by molar-refractivity contribution is 7.98. The maximum atomic E-state index is 15.8. The molecule has 17 heteroatoms. The lowest BCUT2D eigenvalue weighted by Crippen LogP contribution is -3.00. The Hall–Kier alpha value is -3.31. The van der Waals surface area contributed by atoms with E-state index in [4.69, 9.17) is 16.3 Å². The van der Waals surface area contributed by atoms with Crippen molar-refractivity contribution in [2.45, 2.75) is 54.5 Å². The van der Waals surface area contributed by atoms with Crippen LogP contribution in [-0.2, 0) is 26.0 Å². The molecule has 0 saturated carbocycles. The number of rotatable bonds is 15. The lowest BCUT2D eigenvalue weighted by molar-refractivity contribution is -0.941. The van der Waals surface area contributed by atoms with Gasteiger partial charge in [-0.3, -0.25) is 14.3 Å². The second kappa shape index (κ2) is 17.0. The number of ether oxygens (including phenoxy) is 1. The van der Waals surface area contributed by atoms with E-state index < -0.39 is 49.8 Å². The van der Waals surface area contributed by atoms with Crippen LogP contribution in [0, 0.1) is 17.5 Å². The van der Waals surface area contributed by atoms with Crippen LogP contribution in [-0.4, -0.2) is 108 Å². The van der Waals surface area contributed by atoms with Crippen molar-refractivity contribution in [1.82, 2.24) is 18.8 Å². The number of fused-ring (bicyclic) bond motifs is 3. The fraction of sp³-hybridized carbons (Fsp3) is 0.421. The number of piperazine rings is 3. The first kappa shape index (κ1) is 42.8. The predicted molar refractivity (Wildman–Crippen MR) is 201 cm³/mol. The van der Waals surface area contributed by atoms with Crippen molar-refractivity contribution in [1.29, 1.82) is 0 Å². The molecule has 0 radical (unpaired) electrons. The van der Waals surface area contributed by atoms with E-state index in [-0.39, 0.29) is 30.3 Å². The van der Waals surface area contributed by atoms with E-state index in [2.05, 4.69) is 9.88 Å². The summed E-state index contributed by atoms with van der Waals surface area (Å²) in [6, 6.07) is 11.2. The summed E-state index contributed by atoms with van der Waals surface area (Å²) in [6.45, 7) is 11.6. The molecule has 1 N–H and O–H groups in total. The molecule has 3 aromatic carbocycles. The number of sulfonamides is 1. The quantitative estimate of drug-likeness (QED) is 0.143. The zero-order valence-corrected chi connectivity index (χ0v) is 34.1. The molecule has 4 heterocycles. The van der Waals surface area contributed by atoms with E-state index in [1.54, 1.807) is 29.0 Å². The first-order valence-corrected chi connectivity index (χ1v) is 20.5. The van der Waals surface area contributed by atoms with Crippen molar-refractivity contribution in [2.24, 2.45) is 0 Å². The Morgan fingerprint density at radius 1 is 1.05 bits per heavy atom. The predicted octanol–water partition coefficient (Wildman–Crippen LogP) is 3.57. The highest BCUT2D eigenvalue weighted by Gasteiger charge is 2.40. The first-order chi connectivity index (χ1) is 25.6. The molecule has 298 valence electrons. The summed E-state index contributed by atoms with van der Waals surface area (Å²) in [5, 5.41) is 10.6. The molecule has 3 saturated heterocycles. The molecule has 0 amide bonds. The van der Waals surface area contributed by atoms with Gasteiger partial charge < -0.3 is 26.7 Å². The number of halogens is 5. The molecule has 1 aromatic heterocycles. The second-order valence-corrected chi connectivity index (χ2v) is 17.7. The minimum absolute atomic E-state index is 0. The van der Waals surface area contributed by atoms with E-state index >= 15 is 8.78 Å². The molecule has 3 fully saturated rings. The number of hydrogen-bond donors (Lipinski definition) is 1. The summed E-state index contributed by atoms with van der Waals surface area (Å²) >= 11 is 7.31. The van der Waals surface area contributed by atoms with Crippen LogP contribution in [0.25, 0.3) is 5.69 Å². The Labute approximate surface area is 335 Å². The normalized spacial score (nSPS) is 19.0. The summed E-state index contributed by atoms with van der Waals surface area (Å²) < 4.78 is 82.2. The van der Waals surface area contributed by atoms with Gasteiger partial charge in [0.2, 0.25) is 10.0 Å². The number of aromatic nitrogens is 2. The topological polar surface area (TPSA) is 105 Å². The van der Waals surface area contributed by atoms with Crippen molar-refractivity contribution >= 4 is 39.4 Å². The Balaban J connectivity index is 0.00000580. The minimum atomic E-state index is -4.60. The van der Waals surface area contributed by atoms with Gasteiger partial charge in [-0.25, -0.2) is 26.6 Å². The van der Waals surface area contributed by atoms with Crippen LogP contribution >= 0.6 is 23.4 Å². The Bertz CT molecular complexity index is 2090. The van der Waals surface area contributed by atoms with Crippen LogP contribution in [0.3, 0.4) is 0 Å². The minimum Gasteiger partial charge on any atom is -1.00 e. The number of carboxylic acid groups (broad SMARTS) is 1. The molecule has 10 nitrogen and oxygen atoms in total. The third-order valence-corrected chi connectivity index (χ3v) is 14.1. The average molecular weight is 843 g/mol. The van der Waals surface area contributed by atoms with E-state index in [0.717, 1.165) is 77.5 Å². The van der Waals surface area contributed by atoms with Crippen molar-refractivity contribution in [3.8, 4) is 11.4 Å². The van der Waals surface area contributed by atoms with E-state index in [1.165, 1.54) is 26.2 Å². The van der Waals surface area contributed by atoms with Gasteiger partial charge in [0, 0.05) is 55.0 Å². The van der Waals surface area contributed by atoms with Crippen LogP contribution in [0.15, 0.2) is 70.8 Å². The molecular formula is C38H44Cl2F3N5O5S2. The van der Waals surface area contributed by atoms with Crippen molar-refractivity contribution in [3.05, 3.63) is 100 Å². The third-order valence-electron chi connectivity index (χ3n) is 10.9. The summed E-state index contributed by atoms with van der Waals surface area (Å²) in [4.78, 5) is 18.4. The lowest BCUT2D eigenvalue weighted by atomic mass is 9.81. The van der Waals surface area contributed by atoms with Crippen LogP contribution in [0.1, 0.15) is 44.0 Å². The Kier molecular flexibility index (Phi) is 13.3. The molecular weight excluding hydrogens is 798 g/mol. The van der Waals surface area contributed by atoms with Gasteiger partial charge in [-0.1, -0.05) is 43.3 Å². The maximum Gasteiger partial charge on any atom is 0.321 e. The van der Waals surface area contributed by atoms with Crippen LogP contribution in [0.5, 0.6) is 5.75 Å². The molecule has 0 unspecified atom stereocenters. The van der Waals surface area contributed by atoms with E-state index in [1.807, 2.05) is 26.0 Å². The van der Waals surface area contributed by atoms with Crippen molar-refractivity contribution in [2.75, 3.05) is 59.5 Å². The number of aliphatic carboxylic acids is 1. The SMILES string of the molecule is COc1cc(C(C)(C)c2cnc(SCc3c(F)cc(S(=O)(=O)N(CCC[N+]45CCN(CC4)CC5)[C@H](C)C(=O)O)cc3F)n2-c2ccc(F)cc2)ccc1Cl.[Cl-].